The number of fused-ring (bicyclic) bond motifs is 1. The molecule has 0 unspecified atom stereocenters. The molecule has 0 saturated heterocycles. The second-order valence-electron chi connectivity index (χ2n) is 4.78. The Morgan fingerprint density at radius 1 is 1.17 bits per heavy atom. The molecule has 0 bridgehead atoms. The summed E-state index contributed by atoms with van der Waals surface area (Å²) in [7, 11) is 1.60. The van der Waals surface area contributed by atoms with Crippen molar-refractivity contribution in [3.8, 4) is 22.7 Å². The van der Waals surface area contributed by atoms with E-state index in [1.807, 2.05) is 30.6 Å². The maximum absolute atomic E-state index is 5.31. The third kappa shape index (κ3) is 2.44. The third-order valence-corrected chi connectivity index (χ3v) is 4.02. The fraction of sp³-hybridized carbons (Fsp3) is 0.0667. The van der Waals surface area contributed by atoms with Gasteiger partial charge in [-0.25, -0.2) is 19.2 Å². The normalized spacial score (nSPS) is 11.0. The highest BCUT2D eigenvalue weighted by molar-refractivity contribution is 14.1. The van der Waals surface area contributed by atoms with Crippen LogP contribution < -0.4 is 4.74 Å². The summed E-state index contributed by atoms with van der Waals surface area (Å²) in [4.78, 5) is 8.74. The van der Waals surface area contributed by atoms with Gasteiger partial charge >= 0.3 is 0 Å². The van der Waals surface area contributed by atoms with Gasteiger partial charge in [-0.3, -0.25) is 0 Å². The molecule has 8 heteroatoms. The Labute approximate surface area is 145 Å². The predicted octanol–water partition coefficient (Wildman–Crippen LogP) is 2.59. The third-order valence-electron chi connectivity index (χ3n) is 3.42. The van der Waals surface area contributed by atoms with Crippen LogP contribution in [0, 0.1) is 3.70 Å². The molecule has 0 aliphatic heterocycles. The maximum Gasteiger partial charge on any atom is 0.221 e. The highest BCUT2D eigenvalue weighted by atomic mass is 127. The molecule has 0 spiro atoms. The summed E-state index contributed by atoms with van der Waals surface area (Å²) in [5.74, 6) is 0.569. The largest absolute Gasteiger partial charge is 0.481 e. The molecule has 0 aliphatic rings. The van der Waals surface area contributed by atoms with E-state index in [1.165, 1.54) is 0 Å². The van der Waals surface area contributed by atoms with E-state index < -0.39 is 0 Å². The number of pyridine rings is 1. The van der Waals surface area contributed by atoms with Crippen molar-refractivity contribution in [2.45, 2.75) is 0 Å². The minimum absolute atomic E-state index is 0.569. The van der Waals surface area contributed by atoms with Crippen molar-refractivity contribution < 1.29 is 4.74 Å². The summed E-state index contributed by atoms with van der Waals surface area (Å²) >= 11 is 2.18. The molecule has 0 N–H and O–H groups in total. The van der Waals surface area contributed by atoms with Gasteiger partial charge < -0.3 is 4.74 Å². The number of aromatic nitrogens is 6. The van der Waals surface area contributed by atoms with Gasteiger partial charge in [-0.15, -0.1) is 0 Å². The standard InChI is InChI=1S/C15H11IN6O/c1-23-15-11(3-2-5-17-15)10-7-18-22(9-10)12-8-19-21-6-4-13(16)20-14(12)21/h2-9H,1H3. The lowest BCUT2D eigenvalue weighted by Gasteiger charge is -2.03. The molecular formula is C15H11IN6O. The zero-order valence-corrected chi connectivity index (χ0v) is 14.2. The fourth-order valence-corrected chi connectivity index (χ4v) is 2.75. The van der Waals surface area contributed by atoms with Gasteiger partial charge in [-0.05, 0) is 40.8 Å². The average Bonchev–Trinajstić information content (AvgIpc) is 3.21. The van der Waals surface area contributed by atoms with Crippen LogP contribution in [0.2, 0.25) is 0 Å². The highest BCUT2D eigenvalue weighted by Gasteiger charge is 2.13. The van der Waals surface area contributed by atoms with E-state index >= 15 is 0 Å². The Morgan fingerprint density at radius 2 is 2.09 bits per heavy atom. The van der Waals surface area contributed by atoms with Gasteiger partial charge in [0, 0.05) is 29.7 Å². The van der Waals surface area contributed by atoms with Crippen molar-refractivity contribution in [3.05, 3.63) is 52.9 Å². The molecule has 0 aliphatic carbocycles. The van der Waals surface area contributed by atoms with Crippen LogP contribution >= 0.6 is 22.6 Å². The van der Waals surface area contributed by atoms with Crippen LogP contribution in [0.4, 0.5) is 0 Å². The SMILES string of the molecule is COc1ncccc1-c1cnn(-c2cnn3ccc(I)nc23)c1. The molecule has 0 atom stereocenters. The van der Waals surface area contributed by atoms with E-state index in [0.29, 0.717) is 5.88 Å². The van der Waals surface area contributed by atoms with Gasteiger partial charge in [-0.2, -0.15) is 10.2 Å². The number of nitrogens with zero attached hydrogens (tertiary/aromatic N) is 6. The molecule has 0 radical (unpaired) electrons. The Hall–Kier alpha value is -2.49. The van der Waals surface area contributed by atoms with Gasteiger partial charge in [0.2, 0.25) is 5.88 Å². The number of ether oxygens (including phenoxy) is 1. The van der Waals surface area contributed by atoms with Crippen LogP contribution in [-0.2, 0) is 0 Å². The first-order valence-electron chi connectivity index (χ1n) is 6.80. The van der Waals surface area contributed by atoms with E-state index in [-0.39, 0.29) is 0 Å². The summed E-state index contributed by atoms with van der Waals surface area (Å²) in [6, 6.07) is 5.72. The molecule has 0 saturated carbocycles. The van der Waals surface area contributed by atoms with E-state index in [1.54, 1.807) is 34.9 Å². The molecule has 4 heterocycles. The molecule has 0 fully saturated rings. The van der Waals surface area contributed by atoms with Crippen molar-refractivity contribution in [1.29, 1.82) is 0 Å². The Balaban J connectivity index is 1.82. The van der Waals surface area contributed by atoms with Crippen LogP contribution in [-0.4, -0.2) is 36.5 Å². The van der Waals surface area contributed by atoms with Crippen molar-refractivity contribution >= 4 is 28.2 Å². The van der Waals surface area contributed by atoms with Crippen molar-refractivity contribution in [1.82, 2.24) is 29.4 Å². The smallest absolute Gasteiger partial charge is 0.221 e. The minimum Gasteiger partial charge on any atom is -0.481 e. The second kappa shape index (κ2) is 5.61. The lowest BCUT2D eigenvalue weighted by atomic mass is 10.1. The molecule has 0 amide bonds. The zero-order chi connectivity index (χ0) is 15.8. The Kier molecular flexibility index (Phi) is 3.45. The average molecular weight is 418 g/mol. The van der Waals surface area contributed by atoms with Crippen molar-refractivity contribution in [2.24, 2.45) is 0 Å². The molecule has 7 nitrogen and oxygen atoms in total. The number of halogens is 1. The van der Waals surface area contributed by atoms with E-state index in [9.17, 15) is 0 Å². The molecule has 4 rings (SSSR count). The van der Waals surface area contributed by atoms with Gasteiger partial charge in [0.1, 0.15) is 9.39 Å². The van der Waals surface area contributed by atoms with E-state index in [0.717, 1.165) is 26.2 Å². The monoisotopic (exact) mass is 418 g/mol. The maximum atomic E-state index is 5.31. The summed E-state index contributed by atoms with van der Waals surface area (Å²) in [5.41, 5.74) is 3.38. The number of hydrogen-bond donors (Lipinski definition) is 0. The van der Waals surface area contributed by atoms with Crippen molar-refractivity contribution in [3.63, 3.8) is 0 Å². The predicted molar refractivity (Wildman–Crippen MR) is 92.6 cm³/mol. The van der Waals surface area contributed by atoms with Gasteiger partial charge in [0.15, 0.2) is 5.65 Å². The quantitative estimate of drug-likeness (QED) is 0.378. The summed E-state index contributed by atoms with van der Waals surface area (Å²) < 4.78 is 9.69. The number of methoxy groups -OCH3 is 1. The molecule has 114 valence electrons. The first-order valence-corrected chi connectivity index (χ1v) is 7.88. The zero-order valence-electron chi connectivity index (χ0n) is 12.1. The highest BCUT2D eigenvalue weighted by Crippen LogP contribution is 2.28. The van der Waals surface area contributed by atoms with E-state index in [4.69, 9.17) is 4.74 Å². The first-order chi connectivity index (χ1) is 11.3. The lowest BCUT2D eigenvalue weighted by molar-refractivity contribution is 0.399. The molecule has 23 heavy (non-hydrogen) atoms. The Bertz CT molecular complexity index is 992. The number of rotatable bonds is 3. The molecular weight excluding hydrogens is 407 g/mol. The van der Waals surface area contributed by atoms with Gasteiger partial charge in [0.25, 0.3) is 0 Å². The molecule has 4 aromatic rings. The van der Waals surface area contributed by atoms with E-state index in [2.05, 4.69) is 42.8 Å². The van der Waals surface area contributed by atoms with Crippen LogP contribution in [0.1, 0.15) is 0 Å². The van der Waals surface area contributed by atoms with Crippen LogP contribution in [0.25, 0.3) is 22.5 Å². The summed E-state index contributed by atoms with van der Waals surface area (Å²) in [5, 5.41) is 8.73. The van der Waals surface area contributed by atoms with Crippen molar-refractivity contribution in [2.75, 3.05) is 7.11 Å². The van der Waals surface area contributed by atoms with Gasteiger partial charge in [0.05, 0.1) is 19.5 Å². The first kappa shape index (κ1) is 14.1. The van der Waals surface area contributed by atoms with Crippen LogP contribution in [0.3, 0.4) is 0 Å². The summed E-state index contributed by atoms with van der Waals surface area (Å²) in [6.07, 6.45) is 9.01. The van der Waals surface area contributed by atoms with Crippen LogP contribution in [0.15, 0.2) is 49.2 Å². The summed E-state index contributed by atoms with van der Waals surface area (Å²) in [6.45, 7) is 0. The second-order valence-corrected chi connectivity index (χ2v) is 5.89. The molecule has 4 aromatic heterocycles. The topological polar surface area (TPSA) is 70.1 Å². The number of hydrogen-bond acceptors (Lipinski definition) is 5. The Morgan fingerprint density at radius 3 is 2.96 bits per heavy atom. The molecule has 0 aromatic carbocycles. The van der Waals surface area contributed by atoms with Crippen LogP contribution in [0.5, 0.6) is 5.88 Å². The van der Waals surface area contributed by atoms with Gasteiger partial charge in [-0.1, -0.05) is 0 Å². The lowest BCUT2D eigenvalue weighted by Crippen LogP contribution is -1.97. The fourth-order valence-electron chi connectivity index (χ4n) is 2.36. The minimum atomic E-state index is 0.569.